The summed E-state index contributed by atoms with van der Waals surface area (Å²) in [6, 6.07) is 5.71. The second-order valence-electron chi connectivity index (χ2n) is 4.77. The maximum absolute atomic E-state index is 5.87. The lowest BCUT2D eigenvalue weighted by molar-refractivity contribution is 0.251. The summed E-state index contributed by atoms with van der Waals surface area (Å²) >= 11 is 0. The Bertz CT molecular complexity index is 525. The molecule has 1 aliphatic heterocycles. The summed E-state index contributed by atoms with van der Waals surface area (Å²) in [5, 5.41) is 4.52. The number of anilines is 1. The topological polar surface area (TPSA) is 59.5 Å². The van der Waals surface area contributed by atoms with Gasteiger partial charge in [0.15, 0.2) is 11.5 Å². The second-order valence-corrected chi connectivity index (χ2v) is 4.77. The zero-order valence-electron chi connectivity index (χ0n) is 10.0. The van der Waals surface area contributed by atoms with Gasteiger partial charge in [-0.3, -0.25) is 0 Å². The van der Waals surface area contributed by atoms with E-state index in [0.717, 1.165) is 37.4 Å². The van der Waals surface area contributed by atoms with Gasteiger partial charge in [-0.2, -0.15) is 4.52 Å². The fourth-order valence-corrected chi connectivity index (χ4v) is 2.38. The number of pyridine rings is 1. The number of nitrogen functional groups attached to an aromatic ring is 1. The van der Waals surface area contributed by atoms with Crippen molar-refractivity contribution in [3.05, 3.63) is 24.0 Å². The molecule has 2 aromatic heterocycles. The molecule has 1 saturated heterocycles. The SMILES string of the molecule is CN1CCC(c2nc3cccc(N)n3n2)CC1. The zero-order valence-corrected chi connectivity index (χ0v) is 10.0. The van der Waals surface area contributed by atoms with E-state index < -0.39 is 0 Å². The van der Waals surface area contributed by atoms with Gasteiger partial charge in [-0.15, -0.1) is 5.10 Å². The average molecular weight is 231 g/mol. The molecular formula is C12H17N5. The maximum Gasteiger partial charge on any atom is 0.157 e. The van der Waals surface area contributed by atoms with Crippen molar-refractivity contribution >= 4 is 11.5 Å². The Labute approximate surface area is 100 Å². The van der Waals surface area contributed by atoms with Crippen molar-refractivity contribution in [1.29, 1.82) is 0 Å². The van der Waals surface area contributed by atoms with E-state index in [2.05, 4.69) is 22.0 Å². The number of fused-ring (bicyclic) bond motifs is 1. The van der Waals surface area contributed by atoms with E-state index in [0.29, 0.717) is 11.7 Å². The third-order valence-corrected chi connectivity index (χ3v) is 3.49. The Balaban J connectivity index is 1.93. The molecule has 0 radical (unpaired) electrons. The number of hydrogen-bond donors (Lipinski definition) is 1. The number of likely N-dealkylation sites (tertiary alicyclic amines) is 1. The highest BCUT2D eigenvalue weighted by Crippen LogP contribution is 2.25. The van der Waals surface area contributed by atoms with E-state index in [1.165, 1.54) is 0 Å². The lowest BCUT2D eigenvalue weighted by Crippen LogP contribution is -2.29. The van der Waals surface area contributed by atoms with Crippen LogP contribution in [0.5, 0.6) is 0 Å². The fourth-order valence-electron chi connectivity index (χ4n) is 2.38. The maximum atomic E-state index is 5.87. The molecule has 0 atom stereocenters. The van der Waals surface area contributed by atoms with Gasteiger partial charge < -0.3 is 10.6 Å². The molecule has 17 heavy (non-hydrogen) atoms. The van der Waals surface area contributed by atoms with Crippen LogP contribution >= 0.6 is 0 Å². The van der Waals surface area contributed by atoms with Crippen LogP contribution in [0.25, 0.3) is 5.65 Å². The molecule has 1 aliphatic rings. The summed E-state index contributed by atoms with van der Waals surface area (Å²) in [7, 11) is 2.16. The zero-order chi connectivity index (χ0) is 11.8. The van der Waals surface area contributed by atoms with Crippen molar-refractivity contribution in [1.82, 2.24) is 19.5 Å². The van der Waals surface area contributed by atoms with E-state index in [-0.39, 0.29) is 0 Å². The smallest absolute Gasteiger partial charge is 0.157 e. The van der Waals surface area contributed by atoms with Crippen LogP contribution in [0.1, 0.15) is 24.6 Å². The Morgan fingerprint density at radius 1 is 1.29 bits per heavy atom. The summed E-state index contributed by atoms with van der Waals surface area (Å²) in [5.74, 6) is 2.07. The van der Waals surface area contributed by atoms with Crippen molar-refractivity contribution in [2.45, 2.75) is 18.8 Å². The molecule has 3 rings (SSSR count). The lowest BCUT2D eigenvalue weighted by atomic mass is 9.97. The van der Waals surface area contributed by atoms with Crippen LogP contribution in [0.4, 0.5) is 5.82 Å². The van der Waals surface area contributed by atoms with Gasteiger partial charge in [-0.05, 0) is 45.1 Å². The highest BCUT2D eigenvalue weighted by Gasteiger charge is 2.22. The van der Waals surface area contributed by atoms with Gasteiger partial charge in [0, 0.05) is 5.92 Å². The number of nitrogens with two attached hydrogens (primary N) is 1. The minimum atomic E-state index is 0.477. The highest BCUT2D eigenvalue weighted by molar-refractivity contribution is 5.46. The van der Waals surface area contributed by atoms with Gasteiger partial charge in [0.2, 0.25) is 0 Å². The van der Waals surface area contributed by atoms with Gasteiger partial charge >= 0.3 is 0 Å². The van der Waals surface area contributed by atoms with Gasteiger partial charge in [0.1, 0.15) is 5.82 Å². The minimum Gasteiger partial charge on any atom is -0.384 e. The number of nitrogens with zero attached hydrogens (tertiary/aromatic N) is 4. The molecule has 0 spiro atoms. The van der Waals surface area contributed by atoms with E-state index in [1.54, 1.807) is 4.52 Å². The van der Waals surface area contributed by atoms with Crippen LogP contribution in [0.2, 0.25) is 0 Å². The molecule has 2 N–H and O–H groups in total. The van der Waals surface area contributed by atoms with Gasteiger partial charge in [0.05, 0.1) is 0 Å². The summed E-state index contributed by atoms with van der Waals surface area (Å²) in [4.78, 5) is 6.92. The first-order chi connectivity index (χ1) is 8.24. The minimum absolute atomic E-state index is 0.477. The number of rotatable bonds is 1. The Morgan fingerprint density at radius 2 is 2.06 bits per heavy atom. The molecule has 0 aliphatic carbocycles. The third kappa shape index (κ3) is 1.86. The fraction of sp³-hybridized carbons (Fsp3) is 0.500. The Kier molecular flexibility index (Phi) is 2.48. The normalized spacial score (nSPS) is 18.9. The molecule has 0 saturated carbocycles. The molecule has 3 heterocycles. The molecular weight excluding hydrogens is 214 g/mol. The second kappa shape index (κ2) is 4.00. The van der Waals surface area contributed by atoms with Gasteiger partial charge in [-0.25, -0.2) is 4.98 Å². The summed E-state index contributed by atoms with van der Waals surface area (Å²) in [5.41, 5.74) is 6.72. The highest BCUT2D eigenvalue weighted by atomic mass is 15.3. The summed E-state index contributed by atoms with van der Waals surface area (Å²) in [6.45, 7) is 2.24. The van der Waals surface area contributed by atoms with Crippen molar-refractivity contribution < 1.29 is 0 Å². The van der Waals surface area contributed by atoms with Crippen LogP contribution < -0.4 is 5.73 Å². The van der Waals surface area contributed by atoms with Crippen LogP contribution in [-0.2, 0) is 0 Å². The predicted octanol–water partition coefficient (Wildman–Crippen LogP) is 1.12. The van der Waals surface area contributed by atoms with Crippen molar-refractivity contribution in [2.24, 2.45) is 0 Å². The van der Waals surface area contributed by atoms with Crippen LogP contribution in [0.15, 0.2) is 18.2 Å². The summed E-state index contributed by atoms with van der Waals surface area (Å²) < 4.78 is 1.73. The Morgan fingerprint density at radius 3 is 2.76 bits per heavy atom. The molecule has 0 aromatic carbocycles. The first-order valence-corrected chi connectivity index (χ1v) is 6.04. The summed E-state index contributed by atoms with van der Waals surface area (Å²) in [6.07, 6.45) is 2.26. The first kappa shape index (κ1) is 10.5. The first-order valence-electron chi connectivity index (χ1n) is 6.04. The van der Waals surface area contributed by atoms with Crippen LogP contribution in [0, 0.1) is 0 Å². The Hall–Kier alpha value is -1.62. The molecule has 0 amide bonds. The standard InChI is InChI=1S/C12H17N5/c1-16-7-5-9(6-8-16)12-14-11-4-2-3-10(13)17(11)15-12/h2-4,9H,5-8,13H2,1H3. The molecule has 90 valence electrons. The van der Waals surface area contributed by atoms with Gasteiger partial charge in [0.25, 0.3) is 0 Å². The van der Waals surface area contributed by atoms with Crippen molar-refractivity contribution in [3.8, 4) is 0 Å². The van der Waals surface area contributed by atoms with E-state index in [1.807, 2.05) is 18.2 Å². The molecule has 0 unspecified atom stereocenters. The number of aromatic nitrogens is 3. The monoisotopic (exact) mass is 231 g/mol. The van der Waals surface area contributed by atoms with E-state index >= 15 is 0 Å². The molecule has 5 heteroatoms. The van der Waals surface area contributed by atoms with Crippen LogP contribution in [0.3, 0.4) is 0 Å². The van der Waals surface area contributed by atoms with E-state index in [4.69, 9.17) is 5.73 Å². The van der Waals surface area contributed by atoms with Crippen molar-refractivity contribution in [2.75, 3.05) is 25.9 Å². The number of hydrogen-bond acceptors (Lipinski definition) is 4. The third-order valence-electron chi connectivity index (χ3n) is 3.49. The molecule has 1 fully saturated rings. The van der Waals surface area contributed by atoms with Crippen LogP contribution in [-0.4, -0.2) is 39.6 Å². The predicted molar refractivity (Wildman–Crippen MR) is 66.9 cm³/mol. The quantitative estimate of drug-likeness (QED) is 0.799. The number of piperidine rings is 1. The largest absolute Gasteiger partial charge is 0.384 e. The average Bonchev–Trinajstić information content (AvgIpc) is 2.75. The van der Waals surface area contributed by atoms with Gasteiger partial charge in [-0.1, -0.05) is 6.07 Å². The molecule has 5 nitrogen and oxygen atoms in total. The van der Waals surface area contributed by atoms with Crippen molar-refractivity contribution in [3.63, 3.8) is 0 Å². The lowest BCUT2D eigenvalue weighted by Gasteiger charge is -2.26. The molecule has 0 bridgehead atoms. The van der Waals surface area contributed by atoms with E-state index in [9.17, 15) is 0 Å². The molecule has 2 aromatic rings.